The lowest BCUT2D eigenvalue weighted by Crippen LogP contribution is -2.15. The molecule has 3 aromatic rings. The van der Waals surface area contributed by atoms with Crippen molar-refractivity contribution < 1.29 is 26.9 Å². The first-order chi connectivity index (χ1) is 11.6. The summed E-state index contributed by atoms with van der Waals surface area (Å²) in [4.78, 5) is 10.4. The number of hydrogen-bond donors (Lipinski definition) is 2. The summed E-state index contributed by atoms with van der Waals surface area (Å²) in [7, 11) is -3.03. The number of benzene rings is 2. The van der Waals surface area contributed by atoms with E-state index >= 15 is 0 Å². The largest absolute Gasteiger partial charge is 0.507 e. The molecule has 0 saturated heterocycles. The fourth-order valence-electron chi connectivity index (χ4n) is 2.24. The van der Waals surface area contributed by atoms with Gasteiger partial charge in [-0.1, -0.05) is 6.07 Å². The zero-order valence-electron chi connectivity index (χ0n) is 12.6. The summed E-state index contributed by atoms with van der Waals surface area (Å²) in [6.45, 7) is 0. The summed E-state index contributed by atoms with van der Waals surface area (Å²) in [5.41, 5.74) is 0.368. The highest BCUT2D eigenvalue weighted by atomic mass is 32.2. The molecule has 2 aromatic carbocycles. The average molecular weight is 368 g/mol. The summed E-state index contributed by atoms with van der Waals surface area (Å²) in [5.74, 6) is -0.688. The number of phenols is 1. The second-order valence-electron chi connectivity index (χ2n) is 5.06. The maximum absolute atomic E-state index is 13.1. The van der Waals surface area contributed by atoms with Crippen LogP contribution in [0.15, 0.2) is 35.2 Å². The molecular formula is C14H10F2N4O4S. The lowest BCUT2D eigenvalue weighted by molar-refractivity contribution is 0.455. The minimum Gasteiger partial charge on any atom is -0.507 e. The van der Waals surface area contributed by atoms with Gasteiger partial charge >= 0.3 is 12.2 Å². The van der Waals surface area contributed by atoms with Crippen LogP contribution < -0.4 is 4.90 Å². The van der Waals surface area contributed by atoms with Crippen molar-refractivity contribution in [3.05, 3.63) is 42.5 Å². The first-order valence-corrected chi connectivity index (χ1v) is 8.14. The van der Waals surface area contributed by atoms with Crippen molar-refractivity contribution >= 4 is 32.5 Å². The molecule has 0 aliphatic rings. The van der Waals surface area contributed by atoms with Crippen molar-refractivity contribution in [1.82, 2.24) is 15.0 Å². The topological polar surface area (TPSA) is 117 Å². The van der Waals surface area contributed by atoms with Crippen LogP contribution in [0.1, 0.15) is 0 Å². The van der Waals surface area contributed by atoms with E-state index < -0.39 is 32.9 Å². The van der Waals surface area contributed by atoms with Crippen LogP contribution in [0.4, 0.5) is 20.4 Å². The summed E-state index contributed by atoms with van der Waals surface area (Å²) < 4.78 is 57.7. The summed E-state index contributed by atoms with van der Waals surface area (Å²) in [5, 5.41) is 10.6. The molecule has 0 unspecified atom stereocenters. The first kappa shape index (κ1) is 16.9. The van der Waals surface area contributed by atoms with Gasteiger partial charge in [-0.3, -0.25) is 4.55 Å². The Morgan fingerprint density at radius 3 is 2.28 bits per heavy atom. The highest BCUT2D eigenvalue weighted by Crippen LogP contribution is 2.32. The Labute approximate surface area is 140 Å². The molecule has 2 N–H and O–H groups in total. The fraction of sp³-hybridized carbons (Fsp3) is 0.0714. The van der Waals surface area contributed by atoms with Crippen molar-refractivity contribution in [3.63, 3.8) is 0 Å². The number of anilines is 2. The molecule has 1 heterocycles. The van der Waals surface area contributed by atoms with E-state index in [9.17, 15) is 22.3 Å². The zero-order chi connectivity index (χ0) is 18.4. The molecular weight excluding hydrogens is 358 g/mol. The van der Waals surface area contributed by atoms with Crippen LogP contribution in [-0.4, -0.2) is 40.1 Å². The number of aromatic hydroxyl groups is 1. The van der Waals surface area contributed by atoms with Crippen LogP contribution in [0.3, 0.4) is 0 Å². The van der Waals surface area contributed by atoms with Crippen LogP contribution in [-0.2, 0) is 10.1 Å². The highest BCUT2D eigenvalue weighted by Gasteiger charge is 2.16. The number of rotatable bonds is 3. The molecule has 0 radical (unpaired) electrons. The third-order valence-corrected chi connectivity index (χ3v) is 4.28. The van der Waals surface area contributed by atoms with Gasteiger partial charge in [0, 0.05) is 24.2 Å². The molecule has 3 rings (SSSR count). The van der Waals surface area contributed by atoms with Crippen LogP contribution >= 0.6 is 0 Å². The van der Waals surface area contributed by atoms with Crippen molar-refractivity contribution in [3.8, 4) is 5.75 Å². The minimum atomic E-state index is -4.48. The Morgan fingerprint density at radius 2 is 1.68 bits per heavy atom. The summed E-state index contributed by atoms with van der Waals surface area (Å²) >= 11 is 0. The number of hydrogen-bond acceptors (Lipinski definition) is 7. The molecule has 11 heteroatoms. The number of aromatic nitrogens is 3. The Bertz CT molecular complexity index is 1070. The molecule has 25 heavy (non-hydrogen) atoms. The molecule has 1 aromatic heterocycles. The second kappa shape index (κ2) is 5.86. The van der Waals surface area contributed by atoms with Gasteiger partial charge in [0.25, 0.3) is 10.1 Å². The lowest BCUT2D eigenvalue weighted by atomic mass is 10.1. The Kier molecular flexibility index (Phi) is 3.97. The van der Waals surface area contributed by atoms with Gasteiger partial charge in [0.2, 0.25) is 5.95 Å². The molecule has 0 aliphatic carbocycles. The highest BCUT2D eigenvalue weighted by molar-refractivity contribution is 7.85. The van der Waals surface area contributed by atoms with E-state index in [-0.39, 0.29) is 11.3 Å². The Balaban J connectivity index is 2.11. The van der Waals surface area contributed by atoms with E-state index in [0.29, 0.717) is 11.1 Å². The summed E-state index contributed by atoms with van der Waals surface area (Å²) in [6, 6.07) is 6.47. The van der Waals surface area contributed by atoms with E-state index in [0.717, 1.165) is 6.07 Å². The van der Waals surface area contributed by atoms with Crippen LogP contribution in [0.5, 0.6) is 5.75 Å². The smallest absolute Gasteiger partial charge is 0.315 e. The maximum Gasteiger partial charge on any atom is 0.315 e. The standard InChI is InChI=1S/C14H10F2N4O4S/c1-20(14-18-12(15)17-13(16)19-14)8-3-2-7-4-9(25(22,23)24)6-11(21)10(7)5-8/h2-6,21H,1H3,(H,22,23,24). The predicted molar refractivity (Wildman–Crippen MR) is 83.2 cm³/mol. The quantitative estimate of drug-likeness (QED) is 0.675. The normalized spacial score (nSPS) is 11.7. The van der Waals surface area contributed by atoms with Crippen molar-refractivity contribution in [2.45, 2.75) is 4.90 Å². The van der Waals surface area contributed by atoms with Crippen molar-refractivity contribution in [2.75, 3.05) is 11.9 Å². The van der Waals surface area contributed by atoms with E-state index in [1.54, 1.807) is 0 Å². The maximum atomic E-state index is 13.1. The number of nitrogens with zero attached hydrogens (tertiary/aromatic N) is 4. The lowest BCUT2D eigenvalue weighted by Gasteiger charge is -2.17. The molecule has 130 valence electrons. The minimum absolute atomic E-state index is 0.256. The Morgan fingerprint density at radius 1 is 1.04 bits per heavy atom. The Hall–Kier alpha value is -2.92. The molecule has 0 atom stereocenters. The van der Waals surface area contributed by atoms with E-state index in [1.165, 1.54) is 36.2 Å². The third-order valence-electron chi connectivity index (χ3n) is 3.44. The van der Waals surface area contributed by atoms with Gasteiger partial charge in [0.05, 0.1) is 4.90 Å². The van der Waals surface area contributed by atoms with Gasteiger partial charge in [-0.2, -0.15) is 32.2 Å². The van der Waals surface area contributed by atoms with Crippen LogP contribution in [0, 0.1) is 12.2 Å². The van der Waals surface area contributed by atoms with Crippen LogP contribution in [0.25, 0.3) is 10.8 Å². The molecule has 0 amide bonds. The monoisotopic (exact) mass is 368 g/mol. The SMILES string of the molecule is CN(c1ccc2cc(S(=O)(=O)O)cc(O)c2c1)c1nc(F)nc(F)n1. The van der Waals surface area contributed by atoms with E-state index in [4.69, 9.17) is 4.55 Å². The fourth-order valence-corrected chi connectivity index (χ4v) is 2.78. The van der Waals surface area contributed by atoms with Gasteiger partial charge in [-0.05, 0) is 23.6 Å². The van der Waals surface area contributed by atoms with Gasteiger partial charge < -0.3 is 10.0 Å². The van der Waals surface area contributed by atoms with Gasteiger partial charge in [0.15, 0.2) is 0 Å². The molecule has 0 aliphatic heterocycles. The third kappa shape index (κ3) is 3.32. The number of fused-ring (bicyclic) bond motifs is 1. The zero-order valence-corrected chi connectivity index (χ0v) is 13.4. The molecule has 0 fully saturated rings. The molecule has 0 saturated carbocycles. The first-order valence-electron chi connectivity index (χ1n) is 6.70. The van der Waals surface area contributed by atoms with Crippen LogP contribution in [0.2, 0.25) is 0 Å². The van der Waals surface area contributed by atoms with Crippen molar-refractivity contribution in [1.29, 1.82) is 0 Å². The molecule has 0 bridgehead atoms. The number of phenolic OH excluding ortho intramolecular Hbond substituents is 1. The van der Waals surface area contributed by atoms with E-state index in [1.807, 2.05) is 0 Å². The molecule has 8 nitrogen and oxygen atoms in total. The van der Waals surface area contributed by atoms with Crippen molar-refractivity contribution in [2.24, 2.45) is 0 Å². The number of halogens is 2. The van der Waals surface area contributed by atoms with Gasteiger partial charge in [-0.25, -0.2) is 0 Å². The predicted octanol–water partition coefficient (Wildman–Crippen LogP) is 2.02. The van der Waals surface area contributed by atoms with E-state index in [2.05, 4.69) is 15.0 Å². The average Bonchev–Trinajstić information content (AvgIpc) is 2.52. The van der Waals surface area contributed by atoms with Gasteiger partial charge in [0.1, 0.15) is 5.75 Å². The van der Waals surface area contributed by atoms with Gasteiger partial charge in [-0.15, -0.1) is 0 Å². The summed E-state index contributed by atoms with van der Waals surface area (Å²) in [6.07, 6.45) is -2.56. The molecule has 0 spiro atoms. The second-order valence-corrected chi connectivity index (χ2v) is 6.48.